The van der Waals surface area contributed by atoms with Crippen molar-refractivity contribution in [2.75, 3.05) is 37.6 Å². The molecule has 2 N–H and O–H groups in total. The zero-order chi connectivity index (χ0) is 19.6. The number of piperidine rings is 1. The van der Waals surface area contributed by atoms with E-state index in [0.717, 1.165) is 57.9 Å². The monoisotopic (exact) mass is 393 g/mol. The lowest BCUT2D eigenvalue weighted by Crippen LogP contribution is -2.48. The Balaban J connectivity index is 1.76. The van der Waals surface area contributed by atoms with Gasteiger partial charge in [0, 0.05) is 50.8 Å². The molecule has 1 aromatic rings. The molecular formula is C21H39N5S. The molecule has 27 heavy (non-hydrogen) atoms. The third-order valence-corrected chi connectivity index (χ3v) is 6.10. The Kier molecular flexibility index (Phi) is 9.42. The minimum Gasteiger partial charge on any atom is -0.363 e. The summed E-state index contributed by atoms with van der Waals surface area (Å²) < 4.78 is 0. The van der Waals surface area contributed by atoms with Crippen LogP contribution >= 0.6 is 11.3 Å². The van der Waals surface area contributed by atoms with Gasteiger partial charge in [0.2, 0.25) is 0 Å². The Hall–Kier alpha value is -1.27. The summed E-state index contributed by atoms with van der Waals surface area (Å²) in [6, 6.07) is 6.06. The third kappa shape index (κ3) is 7.34. The van der Waals surface area contributed by atoms with Crippen LogP contribution in [0.1, 0.15) is 53.9 Å². The molecule has 5 nitrogen and oxygen atoms in total. The third-order valence-electron chi connectivity index (χ3n) is 5.17. The molecule has 2 heterocycles. The van der Waals surface area contributed by atoms with Crippen LogP contribution in [0.3, 0.4) is 0 Å². The van der Waals surface area contributed by atoms with E-state index in [1.54, 1.807) is 0 Å². The molecule has 0 aliphatic carbocycles. The molecule has 0 bridgehead atoms. The summed E-state index contributed by atoms with van der Waals surface area (Å²) in [6.07, 6.45) is 3.43. The Bertz CT molecular complexity index is 525. The lowest BCUT2D eigenvalue weighted by Gasteiger charge is -2.33. The molecule has 0 aromatic carbocycles. The van der Waals surface area contributed by atoms with E-state index in [1.807, 2.05) is 11.3 Å². The van der Waals surface area contributed by atoms with Gasteiger partial charge in [-0.1, -0.05) is 0 Å². The minimum atomic E-state index is 0.516. The van der Waals surface area contributed by atoms with Gasteiger partial charge in [0.05, 0.1) is 5.00 Å². The molecule has 1 saturated heterocycles. The summed E-state index contributed by atoms with van der Waals surface area (Å²) in [5.41, 5.74) is 0. The Morgan fingerprint density at radius 2 is 1.96 bits per heavy atom. The number of nitrogens with zero attached hydrogens (tertiary/aromatic N) is 3. The van der Waals surface area contributed by atoms with E-state index >= 15 is 0 Å². The summed E-state index contributed by atoms with van der Waals surface area (Å²) in [7, 11) is 0. The number of anilines is 1. The normalized spacial score (nSPS) is 16.6. The van der Waals surface area contributed by atoms with Gasteiger partial charge in [-0.05, 0) is 71.4 Å². The molecule has 0 saturated carbocycles. The van der Waals surface area contributed by atoms with Crippen LogP contribution in [-0.4, -0.2) is 61.7 Å². The van der Waals surface area contributed by atoms with Crippen LogP contribution in [0.25, 0.3) is 0 Å². The molecule has 1 aliphatic rings. The minimum absolute atomic E-state index is 0.516. The van der Waals surface area contributed by atoms with Crippen LogP contribution in [0.4, 0.5) is 5.00 Å². The number of thiophene rings is 1. The summed E-state index contributed by atoms with van der Waals surface area (Å²) in [5, 5.41) is 10.6. The lowest BCUT2D eigenvalue weighted by atomic mass is 10.1. The van der Waals surface area contributed by atoms with Crippen LogP contribution in [-0.2, 0) is 0 Å². The van der Waals surface area contributed by atoms with Crippen molar-refractivity contribution in [1.29, 1.82) is 0 Å². The summed E-state index contributed by atoms with van der Waals surface area (Å²) in [4.78, 5) is 9.86. The fourth-order valence-electron chi connectivity index (χ4n) is 3.76. The Labute approximate surface area is 170 Å². The van der Waals surface area contributed by atoms with E-state index < -0.39 is 0 Å². The second kappa shape index (κ2) is 11.5. The highest BCUT2D eigenvalue weighted by molar-refractivity contribution is 7.14. The van der Waals surface area contributed by atoms with E-state index in [1.165, 1.54) is 5.00 Å². The van der Waals surface area contributed by atoms with Gasteiger partial charge >= 0.3 is 0 Å². The molecule has 0 atom stereocenters. The predicted octanol–water partition coefficient (Wildman–Crippen LogP) is 3.78. The quantitative estimate of drug-likeness (QED) is 0.381. The van der Waals surface area contributed by atoms with E-state index in [0.29, 0.717) is 18.1 Å². The molecular weight excluding hydrogens is 354 g/mol. The first-order valence-electron chi connectivity index (χ1n) is 10.6. The van der Waals surface area contributed by atoms with Gasteiger partial charge in [-0.2, -0.15) is 0 Å². The topological polar surface area (TPSA) is 42.9 Å². The average Bonchev–Trinajstić information content (AvgIpc) is 3.16. The Morgan fingerprint density at radius 3 is 2.52 bits per heavy atom. The fourth-order valence-corrected chi connectivity index (χ4v) is 4.55. The zero-order valence-corrected chi connectivity index (χ0v) is 18.7. The van der Waals surface area contributed by atoms with E-state index in [-0.39, 0.29) is 0 Å². The molecule has 1 aromatic heterocycles. The Morgan fingerprint density at radius 1 is 1.26 bits per heavy atom. The molecule has 0 unspecified atom stereocenters. The van der Waals surface area contributed by atoms with Gasteiger partial charge in [-0.15, -0.1) is 11.3 Å². The first kappa shape index (κ1) is 22.0. The highest BCUT2D eigenvalue weighted by Gasteiger charge is 2.20. The summed E-state index contributed by atoms with van der Waals surface area (Å²) >= 11 is 1.84. The van der Waals surface area contributed by atoms with Crippen LogP contribution in [0, 0.1) is 0 Å². The van der Waals surface area contributed by atoms with Crippen LogP contribution in [0.5, 0.6) is 0 Å². The predicted molar refractivity (Wildman–Crippen MR) is 120 cm³/mol. The SMILES string of the molecule is CCNC(=NCCCN(C(C)C)C(C)C)NC1CCN(c2cccs2)CC1. The molecule has 1 fully saturated rings. The van der Waals surface area contributed by atoms with Gasteiger partial charge in [0.1, 0.15) is 0 Å². The molecule has 2 rings (SSSR count). The van der Waals surface area contributed by atoms with Gasteiger partial charge in [0.15, 0.2) is 5.96 Å². The van der Waals surface area contributed by atoms with Crippen molar-refractivity contribution in [1.82, 2.24) is 15.5 Å². The van der Waals surface area contributed by atoms with E-state index in [9.17, 15) is 0 Å². The second-order valence-electron chi connectivity index (χ2n) is 7.90. The van der Waals surface area contributed by atoms with Crippen LogP contribution in [0.15, 0.2) is 22.5 Å². The number of guanidine groups is 1. The highest BCUT2D eigenvalue weighted by Crippen LogP contribution is 2.24. The first-order valence-corrected chi connectivity index (χ1v) is 11.5. The molecule has 0 radical (unpaired) electrons. The fraction of sp³-hybridized carbons (Fsp3) is 0.762. The lowest BCUT2D eigenvalue weighted by molar-refractivity contribution is 0.174. The number of hydrogen-bond donors (Lipinski definition) is 2. The average molecular weight is 394 g/mol. The molecule has 6 heteroatoms. The molecule has 1 aliphatic heterocycles. The van der Waals surface area contributed by atoms with Gasteiger partial charge in [0.25, 0.3) is 0 Å². The number of rotatable bonds is 9. The number of nitrogens with one attached hydrogen (secondary N) is 2. The highest BCUT2D eigenvalue weighted by atomic mass is 32.1. The van der Waals surface area contributed by atoms with Crippen molar-refractivity contribution < 1.29 is 0 Å². The van der Waals surface area contributed by atoms with Crippen molar-refractivity contribution >= 4 is 22.3 Å². The maximum absolute atomic E-state index is 4.82. The van der Waals surface area contributed by atoms with E-state index in [4.69, 9.17) is 4.99 Å². The van der Waals surface area contributed by atoms with Gasteiger partial charge < -0.3 is 15.5 Å². The largest absolute Gasteiger partial charge is 0.363 e. The number of aliphatic imine (C=N–C) groups is 1. The number of hydrogen-bond acceptors (Lipinski definition) is 4. The molecule has 0 spiro atoms. The van der Waals surface area contributed by atoms with Gasteiger partial charge in [-0.25, -0.2) is 0 Å². The van der Waals surface area contributed by atoms with Crippen molar-refractivity contribution in [2.24, 2.45) is 4.99 Å². The standard InChI is InChI=1S/C21H39N5S/c1-6-22-21(23-12-8-13-26(17(2)3)18(4)5)24-19-10-14-25(15-11-19)20-9-7-16-27-20/h7,9,16-19H,6,8,10-15H2,1-5H3,(H2,22,23,24). The van der Waals surface area contributed by atoms with E-state index in [2.05, 4.69) is 72.6 Å². The molecule has 0 amide bonds. The van der Waals surface area contributed by atoms with Crippen molar-refractivity contribution in [3.63, 3.8) is 0 Å². The zero-order valence-electron chi connectivity index (χ0n) is 17.9. The van der Waals surface area contributed by atoms with Crippen LogP contribution < -0.4 is 15.5 Å². The maximum Gasteiger partial charge on any atom is 0.191 e. The van der Waals surface area contributed by atoms with Crippen molar-refractivity contribution in [3.05, 3.63) is 17.5 Å². The van der Waals surface area contributed by atoms with Crippen molar-refractivity contribution in [3.8, 4) is 0 Å². The first-order chi connectivity index (χ1) is 13.0. The summed E-state index contributed by atoms with van der Waals surface area (Å²) in [5.74, 6) is 0.979. The maximum atomic E-state index is 4.82. The van der Waals surface area contributed by atoms with Gasteiger partial charge in [-0.3, -0.25) is 9.89 Å². The summed E-state index contributed by atoms with van der Waals surface area (Å²) in [6.45, 7) is 16.4. The van der Waals surface area contributed by atoms with Crippen molar-refractivity contribution in [2.45, 2.75) is 72.0 Å². The molecule has 154 valence electrons. The second-order valence-corrected chi connectivity index (χ2v) is 8.82. The van der Waals surface area contributed by atoms with Crippen LogP contribution in [0.2, 0.25) is 0 Å². The smallest absolute Gasteiger partial charge is 0.191 e.